The zero-order valence-electron chi connectivity index (χ0n) is 27.8. The minimum Gasteiger partial charge on any atom is -0.456 e. The Bertz CT molecular complexity index is 3130. The van der Waals surface area contributed by atoms with Crippen molar-refractivity contribution in [2.24, 2.45) is 0 Å². The summed E-state index contributed by atoms with van der Waals surface area (Å²) in [5, 5.41) is 6.60. The Morgan fingerprint density at radius 1 is 0.385 bits per heavy atom. The van der Waals surface area contributed by atoms with Gasteiger partial charge in [-0.05, 0) is 94.7 Å². The average molecular weight is 669 g/mol. The maximum absolute atomic E-state index is 6.58. The Morgan fingerprint density at radius 3 is 1.92 bits per heavy atom. The van der Waals surface area contributed by atoms with E-state index in [1.54, 1.807) is 0 Å². The lowest BCUT2D eigenvalue weighted by Crippen LogP contribution is -2.09. The van der Waals surface area contributed by atoms with E-state index in [2.05, 4.69) is 114 Å². The molecule has 0 saturated carbocycles. The van der Waals surface area contributed by atoms with Gasteiger partial charge in [0.05, 0.1) is 0 Å². The standard InChI is InChI=1S/C47H28N2O3/c1-2-10-30-25-32(20-19-29(30)9-1)31-11-7-12-33(26-31)49(34-21-23-37-36-13-3-5-16-41(36)50-44(37)27-34)35-22-24-38-45(28-35)51-43-18-8-14-39(46(38)43)47-48-40-15-4-6-17-42(40)52-47/h1-28H. The smallest absolute Gasteiger partial charge is 0.228 e. The van der Waals surface area contributed by atoms with Gasteiger partial charge in [-0.15, -0.1) is 0 Å². The molecule has 0 fully saturated rings. The second-order valence-electron chi connectivity index (χ2n) is 13.2. The number of hydrogen-bond acceptors (Lipinski definition) is 5. The average Bonchev–Trinajstić information content (AvgIpc) is 3.91. The van der Waals surface area contributed by atoms with Crippen LogP contribution in [0.3, 0.4) is 0 Å². The summed E-state index contributed by atoms with van der Waals surface area (Å²) in [6.07, 6.45) is 0. The van der Waals surface area contributed by atoms with Crippen LogP contribution in [0.1, 0.15) is 0 Å². The molecule has 52 heavy (non-hydrogen) atoms. The van der Waals surface area contributed by atoms with Crippen molar-refractivity contribution in [3.8, 4) is 22.6 Å². The Balaban J connectivity index is 1.09. The Morgan fingerprint density at radius 2 is 1.04 bits per heavy atom. The maximum atomic E-state index is 6.58. The van der Waals surface area contributed by atoms with Gasteiger partial charge >= 0.3 is 0 Å². The number of nitrogens with zero attached hydrogens (tertiary/aromatic N) is 2. The first-order valence-electron chi connectivity index (χ1n) is 17.4. The highest BCUT2D eigenvalue weighted by Gasteiger charge is 2.20. The summed E-state index contributed by atoms with van der Waals surface area (Å²) < 4.78 is 19.2. The lowest BCUT2D eigenvalue weighted by molar-refractivity contribution is 0.620. The zero-order chi connectivity index (χ0) is 34.2. The van der Waals surface area contributed by atoms with E-state index in [-0.39, 0.29) is 0 Å². The number of para-hydroxylation sites is 3. The second kappa shape index (κ2) is 11.2. The molecule has 0 saturated heterocycles. The van der Waals surface area contributed by atoms with Gasteiger partial charge < -0.3 is 18.2 Å². The van der Waals surface area contributed by atoms with Crippen molar-refractivity contribution >= 4 is 82.8 Å². The molecule has 0 aliphatic carbocycles. The first kappa shape index (κ1) is 28.7. The minimum absolute atomic E-state index is 0.574. The molecule has 8 aromatic carbocycles. The fourth-order valence-electron chi connectivity index (χ4n) is 7.61. The van der Waals surface area contributed by atoms with E-state index in [0.29, 0.717) is 5.89 Å². The highest BCUT2D eigenvalue weighted by Crippen LogP contribution is 2.43. The molecule has 3 heterocycles. The molecular formula is C47H28N2O3. The molecule has 11 aromatic rings. The predicted molar refractivity (Wildman–Crippen MR) is 212 cm³/mol. The first-order chi connectivity index (χ1) is 25.7. The van der Waals surface area contributed by atoms with Crippen molar-refractivity contribution < 1.29 is 13.3 Å². The van der Waals surface area contributed by atoms with Crippen LogP contribution in [0.15, 0.2) is 183 Å². The zero-order valence-corrected chi connectivity index (χ0v) is 27.8. The number of fused-ring (bicyclic) bond motifs is 8. The lowest BCUT2D eigenvalue weighted by Gasteiger charge is -2.26. The predicted octanol–water partition coefficient (Wildman–Crippen LogP) is 13.6. The van der Waals surface area contributed by atoms with E-state index in [9.17, 15) is 0 Å². The number of furan rings is 2. The molecule has 0 N–H and O–H groups in total. The molecule has 0 spiro atoms. The third-order valence-electron chi connectivity index (χ3n) is 10.1. The number of hydrogen-bond donors (Lipinski definition) is 0. The largest absolute Gasteiger partial charge is 0.456 e. The van der Waals surface area contributed by atoms with Crippen LogP contribution in [0.2, 0.25) is 0 Å². The van der Waals surface area contributed by atoms with Crippen LogP contribution in [0, 0.1) is 0 Å². The lowest BCUT2D eigenvalue weighted by atomic mass is 10.0. The van der Waals surface area contributed by atoms with Crippen molar-refractivity contribution in [3.05, 3.63) is 170 Å². The maximum Gasteiger partial charge on any atom is 0.228 e. The molecular weight excluding hydrogens is 641 g/mol. The van der Waals surface area contributed by atoms with E-state index in [1.807, 2.05) is 60.7 Å². The van der Waals surface area contributed by atoms with Gasteiger partial charge in [0.1, 0.15) is 27.8 Å². The third kappa shape index (κ3) is 4.53. The quantitative estimate of drug-likeness (QED) is 0.183. The van der Waals surface area contributed by atoms with Crippen LogP contribution in [-0.2, 0) is 0 Å². The van der Waals surface area contributed by atoms with Gasteiger partial charge in [0.25, 0.3) is 0 Å². The van der Waals surface area contributed by atoms with Crippen molar-refractivity contribution in [1.82, 2.24) is 4.98 Å². The molecule has 0 aliphatic rings. The summed E-state index contributed by atoms with van der Waals surface area (Å²) in [5.41, 5.74) is 11.0. The summed E-state index contributed by atoms with van der Waals surface area (Å²) >= 11 is 0. The van der Waals surface area contributed by atoms with E-state index >= 15 is 0 Å². The molecule has 5 heteroatoms. The number of aromatic nitrogens is 1. The number of anilines is 3. The van der Waals surface area contributed by atoms with E-state index in [0.717, 1.165) is 88.7 Å². The van der Waals surface area contributed by atoms with Crippen LogP contribution in [0.25, 0.3) is 88.3 Å². The van der Waals surface area contributed by atoms with Crippen molar-refractivity contribution in [1.29, 1.82) is 0 Å². The molecule has 0 atom stereocenters. The topological polar surface area (TPSA) is 55.6 Å². The summed E-state index contributed by atoms with van der Waals surface area (Å²) in [7, 11) is 0. The monoisotopic (exact) mass is 668 g/mol. The summed E-state index contributed by atoms with van der Waals surface area (Å²) in [6.45, 7) is 0. The van der Waals surface area contributed by atoms with E-state index in [4.69, 9.17) is 18.2 Å². The van der Waals surface area contributed by atoms with Crippen LogP contribution in [0.4, 0.5) is 17.1 Å². The van der Waals surface area contributed by atoms with Gasteiger partial charge in [-0.25, -0.2) is 4.98 Å². The Hall–Kier alpha value is -7.11. The Labute approximate surface area is 297 Å². The van der Waals surface area contributed by atoms with Gasteiger partial charge in [-0.1, -0.05) is 84.9 Å². The molecule has 244 valence electrons. The van der Waals surface area contributed by atoms with Crippen molar-refractivity contribution in [3.63, 3.8) is 0 Å². The number of rotatable bonds is 5. The highest BCUT2D eigenvalue weighted by molar-refractivity contribution is 6.13. The number of benzene rings is 8. The van der Waals surface area contributed by atoms with Gasteiger partial charge in [-0.3, -0.25) is 0 Å². The Kier molecular flexibility index (Phi) is 6.18. The van der Waals surface area contributed by atoms with Crippen LogP contribution >= 0.6 is 0 Å². The first-order valence-corrected chi connectivity index (χ1v) is 17.4. The van der Waals surface area contributed by atoms with Gasteiger partial charge in [0, 0.05) is 56.3 Å². The van der Waals surface area contributed by atoms with Crippen LogP contribution in [-0.4, -0.2) is 4.98 Å². The summed E-state index contributed by atoms with van der Waals surface area (Å²) in [5.74, 6) is 0.574. The summed E-state index contributed by atoms with van der Waals surface area (Å²) in [4.78, 5) is 7.08. The minimum atomic E-state index is 0.574. The normalized spacial score (nSPS) is 11.8. The molecule has 0 aliphatic heterocycles. The molecule has 0 amide bonds. The highest BCUT2D eigenvalue weighted by atomic mass is 16.4. The molecule has 5 nitrogen and oxygen atoms in total. The number of oxazole rings is 1. The second-order valence-corrected chi connectivity index (χ2v) is 13.2. The van der Waals surface area contributed by atoms with Gasteiger partial charge in [-0.2, -0.15) is 0 Å². The molecule has 11 rings (SSSR count). The van der Waals surface area contributed by atoms with Gasteiger partial charge in [0.2, 0.25) is 5.89 Å². The van der Waals surface area contributed by atoms with Crippen molar-refractivity contribution in [2.75, 3.05) is 4.90 Å². The van der Waals surface area contributed by atoms with Crippen molar-refractivity contribution in [2.45, 2.75) is 0 Å². The molecule has 0 unspecified atom stereocenters. The summed E-state index contributed by atoms with van der Waals surface area (Å²) in [6, 6.07) is 58.8. The van der Waals surface area contributed by atoms with Crippen LogP contribution in [0.5, 0.6) is 0 Å². The third-order valence-corrected chi connectivity index (χ3v) is 10.1. The fourth-order valence-corrected chi connectivity index (χ4v) is 7.61. The van der Waals surface area contributed by atoms with Crippen LogP contribution < -0.4 is 4.90 Å². The molecule has 0 radical (unpaired) electrons. The van der Waals surface area contributed by atoms with E-state index < -0.39 is 0 Å². The van der Waals surface area contributed by atoms with Gasteiger partial charge in [0.15, 0.2) is 5.58 Å². The molecule has 3 aromatic heterocycles. The SMILES string of the molecule is c1cc(-c2ccc3ccccc3c2)cc(N(c2ccc3c(c2)oc2ccccc23)c2ccc3c(c2)oc2cccc(-c4nc5ccccc5o4)c23)c1. The van der Waals surface area contributed by atoms with E-state index in [1.165, 1.54) is 10.8 Å². The molecule has 0 bridgehead atoms. The fraction of sp³-hybridized carbons (Fsp3) is 0.